The predicted octanol–water partition coefficient (Wildman–Crippen LogP) is 2.16. The molecule has 1 unspecified atom stereocenters. The fourth-order valence-electron chi connectivity index (χ4n) is 1.99. The Balaban J connectivity index is 2.12. The van der Waals surface area contributed by atoms with Crippen molar-refractivity contribution in [2.45, 2.75) is 19.4 Å². The van der Waals surface area contributed by atoms with Gasteiger partial charge in [-0.1, -0.05) is 19.1 Å². The van der Waals surface area contributed by atoms with Gasteiger partial charge in [0.25, 0.3) is 0 Å². The standard InChI is InChI=1S/C15H16N2O4/c1-3-11(15(19)20)17(2)14(18)9-8-13-16-10-6-4-5-7-12(10)21-13/h4-9,11H,3H2,1-2H3,(H,19,20). The van der Waals surface area contributed by atoms with Crippen molar-refractivity contribution < 1.29 is 19.1 Å². The average molecular weight is 288 g/mol. The Kier molecular flexibility index (Phi) is 4.37. The van der Waals surface area contributed by atoms with Crippen LogP contribution in [0, 0.1) is 0 Å². The second-order valence-electron chi connectivity index (χ2n) is 4.56. The van der Waals surface area contributed by atoms with Crippen LogP contribution in [0.4, 0.5) is 0 Å². The van der Waals surface area contributed by atoms with E-state index in [-0.39, 0.29) is 0 Å². The number of carbonyl (C=O) groups excluding carboxylic acids is 1. The number of carboxylic acids is 1. The molecule has 0 radical (unpaired) electrons. The van der Waals surface area contributed by atoms with Gasteiger partial charge >= 0.3 is 5.97 Å². The Hall–Kier alpha value is -2.63. The maximum atomic E-state index is 11.9. The smallest absolute Gasteiger partial charge is 0.326 e. The number of nitrogens with zero attached hydrogens (tertiary/aromatic N) is 2. The number of benzene rings is 1. The number of oxazole rings is 1. The van der Waals surface area contributed by atoms with Crippen LogP contribution in [0.15, 0.2) is 34.8 Å². The number of hydrogen-bond donors (Lipinski definition) is 1. The number of carbonyl (C=O) groups is 2. The summed E-state index contributed by atoms with van der Waals surface area (Å²) in [5.41, 5.74) is 1.34. The molecule has 0 saturated heterocycles. The summed E-state index contributed by atoms with van der Waals surface area (Å²) in [5, 5.41) is 9.02. The van der Waals surface area contributed by atoms with Gasteiger partial charge in [0.1, 0.15) is 11.6 Å². The SMILES string of the molecule is CCC(C(=O)O)N(C)C(=O)C=Cc1nc2ccccc2o1. The number of rotatable bonds is 5. The van der Waals surface area contributed by atoms with E-state index in [0.29, 0.717) is 23.4 Å². The van der Waals surface area contributed by atoms with Gasteiger partial charge in [-0.3, -0.25) is 4.79 Å². The van der Waals surface area contributed by atoms with Gasteiger partial charge in [0, 0.05) is 19.2 Å². The minimum atomic E-state index is -1.02. The Morgan fingerprint density at radius 1 is 1.43 bits per heavy atom. The lowest BCUT2D eigenvalue weighted by Gasteiger charge is -2.22. The number of hydrogen-bond acceptors (Lipinski definition) is 4. The van der Waals surface area contributed by atoms with Crippen molar-refractivity contribution in [3.8, 4) is 0 Å². The zero-order chi connectivity index (χ0) is 15.4. The highest BCUT2D eigenvalue weighted by atomic mass is 16.4. The number of carboxylic acid groups (broad SMARTS) is 1. The lowest BCUT2D eigenvalue weighted by molar-refractivity contribution is -0.147. The third-order valence-corrected chi connectivity index (χ3v) is 3.17. The zero-order valence-electron chi connectivity index (χ0n) is 11.8. The van der Waals surface area contributed by atoms with Gasteiger partial charge in [-0.2, -0.15) is 0 Å². The van der Waals surface area contributed by atoms with E-state index in [0.717, 1.165) is 0 Å². The summed E-state index contributed by atoms with van der Waals surface area (Å²) in [5.74, 6) is -1.13. The molecule has 110 valence electrons. The third-order valence-electron chi connectivity index (χ3n) is 3.17. The molecule has 1 amide bonds. The van der Waals surface area contributed by atoms with Crippen molar-refractivity contribution in [2.24, 2.45) is 0 Å². The summed E-state index contributed by atoms with van der Waals surface area (Å²) in [6.07, 6.45) is 3.04. The molecule has 2 aromatic rings. The van der Waals surface area contributed by atoms with Crippen molar-refractivity contribution in [1.82, 2.24) is 9.88 Å². The lowest BCUT2D eigenvalue weighted by atomic mass is 10.2. The minimum absolute atomic E-state index is 0.307. The number of fused-ring (bicyclic) bond motifs is 1. The van der Waals surface area contributed by atoms with E-state index >= 15 is 0 Å². The highest BCUT2D eigenvalue weighted by molar-refractivity contribution is 5.94. The maximum absolute atomic E-state index is 11.9. The Labute approximate surface area is 121 Å². The molecule has 0 aliphatic rings. The van der Waals surface area contributed by atoms with Gasteiger partial charge in [-0.25, -0.2) is 9.78 Å². The van der Waals surface area contributed by atoms with Crippen LogP contribution >= 0.6 is 0 Å². The fourth-order valence-corrected chi connectivity index (χ4v) is 1.99. The van der Waals surface area contributed by atoms with Crippen LogP contribution in [0.3, 0.4) is 0 Å². The number of amides is 1. The van der Waals surface area contributed by atoms with Gasteiger partial charge in [0.05, 0.1) is 0 Å². The van der Waals surface area contributed by atoms with Crippen molar-refractivity contribution in [3.05, 3.63) is 36.2 Å². The molecule has 2 rings (SSSR count). The second-order valence-corrected chi connectivity index (χ2v) is 4.56. The van der Waals surface area contributed by atoms with Crippen molar-refractivity contribution in [1.29, 1.82) is 0 Å². The number of likely N-dealkylation sites (N-methyl/N-ethyl adjacent to an activating group) is 1. The Morgan fingerprint density at radius 2 is 2.14 bits per heavy atom. The first-order chi connectivity index (χ1) is 10.0. The summed E-state index contributed by atoms with van der Waals surface area (Å²) < 4.78 is 5.45. The van der Waals surface area contributed by atoms with E-state index < -0.39 is 17.9 Å². The summed E-state index contributed by atoms with van der Waals surface area (Å²) in [6.45, 7) is 1.72. The van der Waals surface area contributed by atoms with Gasteiger partial charge < -0.3 is 14.4 Å². The van der Waals surface area contributed by atoms with Crippen LogP contribution in [0.25, 0.3) is 17.2 Å². The summed E-state index contributed by atoms with van der Waals surface area (Å²) in [4.78, 5) is 28.3. The van der Waals surface area contributed by atoms with Crippen molar-refractivity contribution >= 4 is 29.1 Å². The Morgan fingerprint density at radius 3 is 2.76 bits per heavy atom. The van der Waals surface area contributed by atoms with Gasteiger partial charge in [0.15, 0.2) is 5.58 Å². The molecule has 6 heteroatoms. The van der Waals surface area contributed by atoms with Crippen LogP contribution < -0.4 is 0 Å². The molecular weight excluding hydrogens is 272 g/mol. The quantitative estimate of drug-likeness (QED) is 0.852. The van der Waals surface area contributed by atoms with E-state index in [1.165, 1.54) is 24.1 Å². The Bertz CT molecular complexity index is 657. The monoisotopic (exact) mass is 288 g/mol. The largest absolute Gasteiger partial charge is 0.480 e. The van der Waals surface area contributed by atoms with Crippen LogP contribution in [-0.2, 0) is 9.59 Å². The summed E-state index contributed by atoms with van der Waals surface area (Å²) in [6, 6.07) is 6.42. The van der Waals surface area contributed by atoms with Gasteiger partial charge in [-0.15, -0.1) is 0 Å². The number of para-hydroxylation sites is 2. The van der Waals surface area contributed by atoms with Crippen molar-refractivity contribution in [2.75, 3.05) is 7.05 Å². The first-order valence-corrected chi connectivity index (χ1v) is 6.56. The van der Waals surface area contributed by atoms with Crippen LogP contribution in [0.5, 0.6) is 0 Å². The number of aromatic nitrogens is 1. The zero-order valence-corrected chi connectivity index (χ0v) is 11.8. The molecule has 0 saturated carbocycles. The molecule has 6 nitrogen and oxygen atoms in total. The summed E-state index contributed by atoms with van der Waals surface area (Å²) >= 11 is 0. The first-order valence-electron chi connectivity index (χ1n) is 6.56. The molecule has 1 heterocycles. The van der Waals surface area contributed by atoms with Crippen LogP contribution in [-0.4, -0.2) is 40.0 Å². The highest BCUT2D eigenvalue weighted by Gasteiger charge is 2.23. The predicted molar refractivity (Wildman–Crippen MR) is 77.5 cm³/mol. The van der Waals surface area contributed by atoms with Crippen LogP contribution in [0.1, 0.15) is 19.2 Å². The maximum Gasteiger partial charge on any atom is 0.326 e. The molecule has 0 fully saturated rings. The van der Waals surface area contributed by atoms with E-state index in [2.05, 4.69) is 4.98 Å². The van der Waals surface area contributed by atoms with Gasteiger partial charge in [-0.05, 0) is 18.6 Å². The van der Waals surface area contributed by atoms with Gasteiger partial charge in [0.2, 0.25) is 11.8 Å². The first kappa shape index (κ1) is 14.8. The van der Waals surface area contributed by atoms with E-state index in [1.54, 1.807) is 13.0 Å². The molecule has 0 aliphatic carbocycles. The molecule has 21 heavy (non-hydrogen) atoms. The molecule has 1 atom stereocenters. The molecule has 0 spiro atoms. The van der Waals surface area contributed by atoms with Crippen LogP contribution in [0.2, 0.25) is 0 Å². The highest BCUT2D eigenvalue weighted by Crippen LogP contribution is 2.15. The normalized spacial score (nSPS) is 12.7. The molecule has 1 N–H and O–H groups in total. The molecule has 1 aromatic heterocycles. The fraction of sp³-hybridized carbons (Fsp3) is 0.267. The second kappa shape index (κ2) is 6.21. The molecule has 0 bridgehead atoms. The number of aliphatic carboxylic acids is 1. The third kappa shape index (κ3) is 3.28. The van der Waals surface area contributed by atoms with E-state index in [9.17, 15) is 9.59 Å². The minimum Gasteiger partial charge on any atom is -0.480 e. The van der Waals surface area contributed by atoms with E-state index in [1.807, 2.05) is 18.2 Å². The lowest BCUT2D eigenvalue weighted by Crippen LogP contribution is -2.41. The average Bonchev–Trinajstić information content (AvgIpc) is 2.87. The topological polar surface area (TPSA) is 83.6 Å². The molecular formula is C15H16N2O4. The summed E-state index contributed by atoms with van der Waals surface area (Å²) in [7, 11) is 1.46. The van der Waals surface area contributed by atoms with E-state index in [4.69, 9.17) is 9.52 Å². The molecule has 1 aromatic carbocycles. The van der Waals surface area contributed by atoms with Crippen molar-refractivity contribution in [3.63, 3.8) is 0 Å². The molecule has 0 aliphatic heterocycles.